The predicted molar refractivity (Wildman–Crippen MR) is 247 cm³/mol. The van der Waals surface area contributed by atoms with Crippen molar-refractivity contribution in [2.75, 3.05) is 30.1 Å². The Morgan fingerprint density at radius 3 is 2.21 bits per heavy atom. The van der Waals surface area contributed by atoms with Crippen LogP contribution < -0.4 is 24.5 Å². The molecule has 1 saturated heterocycles. The van der Waals surface area contributed by atoms with Crippen LogP contribution in [0.25, 0.3) is 0 Å². The summed E-state index contributed by atoms with van der Waals surface area (Å²) in [7, 11) is -0.905. The smallest absolute Gasteiger partial charge is 0.266 e. The van der Waals surface area contributed by atoms with Gasteiger partial charge in [-0.15, -0.1) is 0 Å². The minimum Gasteiger partial charge on any atom is -0.497 e. The normalized spacial score (nSPS) is 20.2. The van der Waals surface area contributed by atoms with Gasteiger partial charge < -0.3 is 29.1 Å². The van der Waals surface area contributed by atoms with Gasteiger partial charge in [0.2, 0.25) is 5.91 Å². The lowest BCUT2D eigenvalue weighted by molar-refractivity contribution is -0.150. The van der Waals surface area contributed by atoms with Crippen LogP contribution >= 0.6 is 0 Å². The highest BCUT2D eigenvalue weighted by Gasteiger charge is 2.66. The molecule has 9 rings (SSSR count). The second kappa shape index (κ2) is 17.0. The number of carbonyl (C=O) groups is 3. The molecule has 0 bridgehead atoms. The van der Waals surface area contributed by atoms with Gasteiger partial charge in [-0.05, 0) is 71.3 Å². The Morgan fingerprint density at radius 2 is 1.46 bits per heavy atom. The number of carbonyl (C=O) groups excluding carboxylic acids is 3. The number of fused-ring (bicyclic) bond motifs is 4. The van der Waals surface area contributed by atoms with Gasteiger partial charge in [0.15, 0.2) is 11.4 Å². The number of hydrogen-bond donors (Lipinski definition) is 1. The molecule has 320 valence electrons. The summed E-state index contributed by atoms with van der Waals surface area (Å²) in [5.74, 6) is 0.924. The highest BCUT2D eigenvalue weighted by molar-refractivity contribution is 6.91. The molecule has 10 nitrogen and oxygen atoms in total. The summed E-state index contributed by atoms with van der Waals surface area (Å²) in [5.41, 5.74) is 3.47. The third-order valence-corrected chi connectivity index (χ3v) is 17.6. The van der Waals surface area contributed by atoms with Crippen molar-refractivity contribution in [1.82, 2.24) is 4.90 Å². The molecule has 0 unspecified atom stereocenters. The Bertz CT molecular complexity index is 2670. The van der Waals surface area contributed by atoms with Gasteiger partial charge in [-0.2, -0.15) is 0 Å². The average Bonchev–Trinajstić information content (AvgIpc) is 3.67. The second-order valence-electron chi connectivity index (χ2n) is 17.2. The number of benzene rings is 6. The molecule has 4 atom stereocenters. The average molecular weight is 858 g/mol. The fraction of sp³-hybridized carbons (Fsp3) is 0.250. The van der Waals surface area contributed by atoms with E-state index in [2.05, 4.69) is 32.2 Å². The summed E-state index contributed by atoms with van der Waals surface area (Å²) in [4.78, 5) is 49.5. The van der Waals surface area contributed by atoms with E-state index in [1.54, 1.807) is 33.9 Å². The molecule has 0 aliphatic carbocycles. The van der Waals surface area contributed by atoms with Gasteiger partial charge in [0, 0.05) is 30.3 Å². The quantitative estimate of drug-likeness (QED) is 0.123. The highest BCUT2D eigenvalue weighted by Crippen LogP contribution is 2.60. The lowest BCUT2D eigenvalue weighted by Gasteiger charge is -2.37. The minimum atomic E-state index is -2.55. The maximum absolute atomic E-state index is 15.6. The second-order valence-corrected chi connectivity index (χ2v) is 21.9. The van der Waals surface area contributed by atoms with Crippen LogP contribution in [0, 0.1) is 5.92 Å². The first-order valence-corrected chi connectivity index (χ1v) is 24.6. The molecule has 1 N–H and O–H groups in total. The van der Waals surface area contributed by atoms with E-state index >= 15 is 4.79 Å². The van der Waals surface area contributed by atoms with Crippen molar-refractivity contribution in [3.05, 3.63) is 174 Å². The number of hydrogen-bond acceptors (Lipinski definition) is 7. The molecule has 6 aromatic carbocycles. The lowest BCUT2D eigenvalue weighted by atomic mass is 9.82. The van der Waals surface area contributed by atoms with E-state index in [1.165, 1.54) is 5.19 Å². The molecule has 6 aromatic rings. The van der Waals surface area contributed by atoms with E-state index in [4.69, 9.17) is 14.2 Å². The first-order valence-electron chi connectivity index (χ1n) is 21.5. The number of aliphatic hydroxyl groups is 1. The Kier molecular flexibility index (Phi) is 11.3. The Hall–Kier alpha value is -6.53. The number of methoxy groups -OCH3 is 1. The summed E-state index contributed by atoms with van der Waals surface area (Å²) in [6.45, 7) is 7.27. The molecule has 63 heavy (non-hydrogen) atoms. The summed E-state index contributed by atoms with van der Waals surface area (Å²) in [6, 6.07) is 48.2. The van der Waals surface area contributed by atoms with E-state index < -0.39 is 19.8 Å². The number of anilines is 3. The number of para-hydroxylation sites is 4. The first kappa shape index (κ1) is 41.8. The number of aliphatic hydroxyl groups excluding tert-OH is 1. The zero-order chi connectivity index (χ0) is 43.9. The van der Waals surface area contributed by atoms with Crippen molar-refractivity contribution in [3.63, 3.8) is 0 Å². The Labute approximate surface area is 369 Å². The van der Waals surface area contributed by atoms with Gasteiger partial charge in [0.25, 0.3) is 11.8 Å². The molecule has 1 spiro atoms. The van der Waals surface area contributed by atoms with E-state index in [0.717, 1.165) is 28.1 Å². The number of rotatable bonds is 12. The summed E-state index contributed by atoms with van der Waals surface area (Å²) >= 11 is 0. The van der Waals surface area contributed by atoms with Crippen LogP contribution in [-0.4, -0.2) is 62.2 Å². The Morgan fingerprint density at radius 1 is 0.794 bits per heavy atom. The molecule has 11 heteroatoms. The SMILES string of the molecule is COc1ccc([Si](C)(C)[C@@H]2[C@@H](CC(=O)N(CCO)Cc3ccccc3)O[C@]3(C(=O)N(Cc4cccc(N5C(=O)c6ccccc6Oc6ccccc65)c4)c4ccccc43)[C@H]2C)cc1. The van der Waals surface area contributed by atoms with E-state index in [-0.39, 0.29) is 55.3 Å². The Balaban J connectivity index is 1.08. The van der Waals surface area contributed by atoms with Crippen LogP contribution in [0.2, 0.25) is 18.6 Å². The van der Waals surface area contributed by atoms with Crippen LogP contribution in [0.15, 0.2) is 152 Å². The molecule has 3 heterocycles. The topological polar surface area (TPSA) is 109 Å². The minimum absolute atomic E-state index is 0.0475. The van der Waals surface area contributed by atoms with Crippen LogP contribution in [0.5, 0.6) is 17.2 Å². The van der Waals surface area contributed by atoms with Crippen molar-refractivity contribution >= 4 is 48.0 Å². The van der Waals surface area contributed by atoms with Gasteiger partial charge in [-0.3, -0.25) is 19.3 Å². The fourth-order valence-corrected chi connectivity index (χ4v) is 14.2. The molecule has 3 aliphatic rings. The molecule has 1 fully saturated rings. The lowest BCUT2D eigenvalue weighted by Crippen LogP contribution is -2.52. The third kappa shape index (κ3) is 7.39. The van der Waals surface area contributed by atoms with E-state index in [1.807, 2.05) is 127 Å². The molecule has 0 aromatic heterocycles. The largest absolute Gasteiger partial charge is 0.497 e. The zero-order valence-corrected chi connectivity index (χ0v) is 36.9. The van der Waals surface area contributed by atoms with Crippen molar-refractivity contribution in [1.29, 1.82) is 0 Å². The number of nitrogens with zero attached hydrogens (tertiary/aromatic N) is 3. The van der Waals surface area contributed by atoms with E-state index in [0.29, 0.717) is 35.0 Å². The maximum atomic E-state index is 15.6. The van der Waals surface area contributed by atoms with Crippen LogP contribution in [0.1, 0.15) is 40.4 Å². The maximum Gasteiger partial charge on any atom is 0.266 e. The molecule has 3 amide bonds. The number of amides is 3. The molecule has 0 saturated carbocycles. The number of ether oxygens (including phenoxy) is 3. The summed E-state index contributed by atoms with van der Waals surface area (Å²) < 4.78 is 19.1. The summed E-state index contributed by atoms with van der Waals surface area (Å²) in [5, 5.41) is 11.3. The van der Waals surface area contributed by atoms with E-state index in [9.17, 15) is 14.7 Å². The monoisotopic (exact) mass is 857 g/mol. The first-order chi connectivity index (χ1) is 30.5. The van der Waals surface area contributed by atoms with Gasteiger partial charge in [0.1, 0.15) is 11.5 Å². The van der Waals surface area contributed by atoms with Gasteiger partial charge in [0.05, 0.1) is 57.8 Å². The molecular formula is C52H51N3O7Si. The van der Waals surface area contributed by atoms with Crippen molar-refractivity contribution in [2.24, 2.45) is 5.92 Å². The van der Waals surface area contributed by atoms with Crippen molar-refractivity contribution < 1.29 is 33.7 Å². The highest BCUT2D eigenvalue weighted by atomic mass is 28.3. The van der Waals surface area contributed by atoms with Gasteiger partial charge in [-0.1, -0.05) is 122 Å². The van der Waals surface area contributed by atoms with Crippen molar-refractivity contribution in [2.45, 2.75) is 56.8 Å². The zero-order valence-electron chi connectivity index (χ0n) is 35.9. The molecule has 0 radical (unpaired) electrons. The van der Waals surface area contributed by atoms with Crippen LogP contribution in [0.3, 0.4) is 0 Å². The molecular weight excluding hydrogens is 807 g/mol. The fourth-order valence-electron chi connectivity index (χ4n) is 10.2. The predicted octanol–water partition coefficient (Wildman–Crippen LogP) is 8.95. The molecule has 3 aliphatic heterocycles. The van der Waals surface area contributed by atoms with Gasteiger partial charge >= 0.3 is 0 Å². The summed E-state index contributed by atoms with van der Waals surface area (Å²) in [6.07, 6.45) is -0.556. The van der Waals surface area contributed by atoms with Gasteiger partial charge in [-0.25, -0.2) is 0 Å². The van der Waals surface area contributed by atoms with Crippen molar-refractivity contribution in [3.8, 4) is 17.2 Å². The third-order valence-electron chi connectivity index (χ3n) is 13.2. The van der Waals surface area contributed by atoms with Crippen LogP contribution in [-0.2, 0) is 33.0 Å². The van der Waals surface area contributed by atoms with Crippen LogP contribution in [0.4, 0.5) is 17.1 Å². The standard InChI is InChI=1S/C52H51N3O7Si/c1-35-49(63(3,4)40-27-25-39(60-2)26-28-40)47(32-48(57)53(29-30-56)33-36-15-6-5-7-16-36)62-52(35)42-20-9-10-21-43(42)54(51(52)59)34-37-17-14-18-38(31-37)55-44-22-11-13-24-46(44)61-45-23-12-8-19-41(45)50(55)58/h5-28,31,35,47,49,56H,29-30,32-34H2,1-4H3/t35-,47+,49-,52+/m0/s1.